The maximum atomic E-state index is 11.5. The van der Waals surface area contributed by atoms with Gasteiger partial charge in [0.15, 0.2) is 6.61 Å². The van der Waals surface area contributed by atoms with Crippen LogP contribution in [0.3, 0.4) is 0 Å². The molecule has 1 N–H and O–H groups in total. The number of ether oxygens (including phenoxy) is 2. The molecule has 1 atom stereocenters. The Kier molecular flexibility index (Phi) is 6.28. The topological polar surface area (TPSA) is 47.6 Å². The summed E-state index contributed by atoms with van der Waals surface area (Å²) in [6.45, 7) is 2.40. The van der Waals surface area contributed by atoms with Gasteiger partial charge >= 0.3 is 0 Å². The summed E-state index contributed by atoms with van der Waals surface area (Å²) >= 11 is 2.21. The largest absolute Gasteiger partial charge is 0.484 e. The van der Waals surface area contributed by atoms with Crippen molar-refractivity contribution in [1.82, 2.24) is 5.32 Å². The summed E-state index contributed by atoms with van der Waals surface area (Å²) in [6.07, 6.45) is 0. The summed E-state index contributed by atoms with van der Waals surface area (Å²) < 4.78 is 11.4. The number of carbonyl (C=O) groups is 1. The van der Waals surface area contributed by atoms with E-state index in [1.807, 2.05) is 31.2 Å². The summed E-state index contributed by atoms with van der Waals surface area (Å²) in [7, 11) is 1.60. The summed E-state index contributed by atoms with van der Waals surface area (Å²) in [6, 6.07) is 7.54. The van der Waals surface area contributed by atoms with Gasteiger partial charge in [-0.3, -0.25) is 4.79 Å². The Balaban J connectivity index is 2.30. The maximum Gasteiger partial charge on any atom is 0.258 e. The van der Waals surface area contributed by atoms with Crippen molar-refractivity contribution in [2.75, 3.05) is 20.3 Å². The summed E-state index contributed by atoms with van der Waals surface area (Å²) in [5.74, 6) is 0.549. The van der Waals surface area contributed by atoms with Crippen molar-refractivity contribution in [3.63, 3.8) is 0 Å². The molecule has 0 aliphatic rings. The van der Waals surface area contributed by atoms with Gasteiger partial charge in [0.1, 0.15) is 5.75 Å². The van der Waals surface area contributed by atoms with Gasteiger partial charge in [-0.25, -0.2) is 0 Å². The van der Waals surface area contributed by atoms with Gasteiger partial charge in [0.05, 0.1) is 6.61 Å². The monoisotopic (exact) mass is 349 g/mol. The molecule has 94 valence electrons. The van der Waals surface area contributed by atoms with Crippen LogP contribution in [0.4, 0.5) is 0 Å². The van der Waals surface area contributed by atoms with Crippen LogP contribution < -0.4 is 10.1 Å². The molecule has 0 saturated carbocycles. The SMILES string of the molecule is COCC(C)NC(=O)COc1ccc(I)cc1. The van der Waals surface area contributed by atoms with Crippen LogP contribution in [0.25, 0.3) is 0 Å². The molecule has 5 heteroatoms. The molecule has 0 aliphatic carbocycles. The second-order valence-electron chi connectivity index (χ2n) is 3.67. The number of nitrogens with one attached hydrogen (secondary N) is 1. The lowest BCUT2D eigenvalue weighted by Gasteiger charge is -2.13. The van der Waals surface area contributed by atoms with Crippen LogP contribution in [0.15, 0.2) is 24.3 Å². The van der Waals surface area contributed by atoms with Gasteiger partial charge in [-0.05, 0) is 53.8 Å². The molecule has 17 heavy (non-hydrogen) atoms. The van der Waals surface area contributed by atoms with Gasteiger partial charge in [-0.1, -0.05) is 0 Å². The molecule has 4 nitrogen and oxygen atoms in total. The highest BCUT2D eigenvalue weighted by atomic mass is 127. The van der Waals surface area contributed by atoms with E-state index in [1.165, 1.54) is 0 Å². The Labute approximate surface area is 115 Å². The van der Waals surface area contributed by atoms with Crippen LogP contribution in [-0.4, -0.2) is 32.3 Å². The highest BCUT2D eigenvalue weighted by Crippen LogP contribution is 2.13. The minimum atomic E-state index is -0.145. The smallest absolute Gasteiger partial charge is 0.258 e. The van der Waals surface area contributed by atoms with E-state index in [2.05, 4.69) is 27.9 Å². The Hall–Kier alpha value is -0.820. The first-order valence-corrected chi connectivity index (χ1v) is 6.36. The fourth-order valence-corrected chi connectivity index (χ4v) is 1.65. The first kappa shape index (κ1) is 14.2. The predicted molar refractivity (Wildman–Crippen MR) is 74.1 cm³/mol. The van der Waals surface area contributed by atoms with E-state index in [9.17, 15) is 4.79 Å². The molecule has 0 heterocycles. The molecule has 0 aromatic heterocycles. The highest BCUT2D eigenvalue weighted by molar-refractivity contribution is 14.1. The van der Waals surface area contributed by atoms with E-state index in [0.29, 0.717) is 12.4 Å². The number of rotatable bonds is 6. The molecule has 1 rings (SSSR count). The standard InChI is InChI=1S/C12H16INO3/c1-9(7-16-2)14-12(15)8-17-11-5-3-10(13)4-6-11/h3-6,9H,7-8H2,1-2H3,(H,14,15). The van der Waals surface area contributed by atoms with E-state index < -0.39 is 0 Å². The van der Waals surface area contributed by atoms with E-state index in [1.54, 1.807) is 7.11 Å². The van der Waals surface area contributed by atoms with Gasteiger partial charge in [0.2, 0.25) is 0 Å². The second-order valence-corrected chi connectivity index (χ2v) is 4.91. The Morgan fingerprint density at radius 1 is 1.41 bits per heavy atom. The molecule has 0 aliphatic heterocycles. The number of carbonyl (C=O) groups excluding carboxylic acids is 1. The normalized spacial score (nSPS) is 11.9. The van der Waals surface area contributed by atoms with Gasteiger partial charge in [0, 0.05) is 16.7 Å². The number of methoxy groups -OCH3 is 1. The lowest BCUT2D eigenvalue weighted by atomic mass is 10.3. The van der Waals surface area contributed by atoms with Crippen LogP contribution in [0.5, 0.6) is 5.75 Å². The minimum Gasteiger partial charge on any atom is -0.484 e. The fraction of sp³-hybridized carbons (Fsp3) is 0.417. The van der Waals surface area contributed by atoms with E-state index in [4.69, 9.17) is 9.47 Å². The van der Waals surface area contributed by atoms with Crippen LogP contribution >= 0.6 is 22.6 Å². The minimum absolute atomic E-state index is 0.00665. The molecule has 0 spiro atoms. The lowest BCUT2D eigenvalue weighted by molar-refractivity contribution is -0.124. The fourth-order valence-electron chi connectivity index (χ4n) is 1.29. The van der Waals surface area contributed by atoms with Crippen LogP contribution in [-0.2, 0) is 9.53 Å². The average molecular weight is 349 g/mol. The number of halogens is 1. The first-order chi connectivity index (χ1) is 8.11. The predicted octanol–water partition coefficient (Wildman–Crippen LogP) is 1.82. The summed E-state index contributed by atoms with van der Waals surface area (Å²) in [5.41, 5.74) is 0. The lowest BCUT2D eigenvalue weighted by Crippen LogP contribution is -2.38. The number of benzene rings is 1. The third-order valence-electron chi connectivity index (χ3n) is 2.01. The zero-order chi connectivity index (χ0) is 12.7. The zero-order valence-corrected chi connectivity index (χ0v) is 12.1. The average Bonchev–Trinajstić information content (AvgIpc) is 2.28. The molecule has 0 saturated heterocycles. The van der Waals surface area contributed by atoms with Crippen LogP contribution in [0.1, 0.15) is 6.92 Å². The molecule has 0 fully saturated rings. The van der Waals surface area contributed by atoms with Crippen molar-refractivity contribution in [2.24, 2.45) is 0 Å². The molecule has 1 amide bonds. The van der Waals surface area contributed by atoms with Gasteiger partial charge in [0.25, 0.3) is 5.91 Å². The third kappa shape index (κ3) is 5.88. The van der Waals surface area contributed by atoms with Crippen molar-refractivity contribution in [1.29, 1.82) is 0 Å². The third-order valence-corrected chi connectivity index (χ3v) is 2.73. The summed E-state index contributed by atoms with van der Waals surface area (Å²) in [4.78, 5) is 11.5. The Morgan fingerprint density at radius 2 is 2.06 bits per heavy atom. The number of hydrogen-bond acceptors (Lipinski definition) is 3. The van der Waals surface area contributed by atoms with E-state index >= 15 is 0 Å². The van der Waals surface area contributed by atoms with Crippen LogP contribution in [0, 0.1) is 3.57 Å². The van der Waals surface area contributed by atoms with Crippen molar-refractivity contribution in [3.05, 3.63) is 27.8 Å². The van der Waals surface area contributed by atoms with Crippen molar-refractivity contribution < 1.29 is 14.3 Å². The molecule has 1 aromatic rings. The first-order valence-electron chi connectivity index (χ1n) is 5.28. The molecule has 1 unspecified atom stereocenters. The van der Waals surface area contributed by atoms with Gasteiger partial charge in [-0.15, -0.1) is 0 Å². The highest BCUT2D eigenvalue weighted by Gasteiger charge is 2.07. The summed E-state index contributed by atoms with van der Waals surface area (Å²) in [5, 5.41) is 2.77. The second kappa shape index (κ2) is 7.50. The number of amides is 1. The van der Waals surface area contributed by atoms with E-state index in [0.717, 1.165) is 3.57 Å². The van der Waals surface area contributed by atoms with Crippen molar-refractivity contribution in [3.8, 4) is 5.75 Å². The Bertz CT molecular complexity index is 353. The molecular formula is C12H16INO3. The molecule has 1 aromatic carbocycles. The van der Waals surface area contributed by atoms with Gasteiger partial charge < -0.3 is 14.8 Å². The molecule has 0 bridgehead atoms. The molecular weight excluding hydrogens is 333 g/mol. The zero-order valence-electron chi connectivity index (χ0n) is 9.90. The van der Waals surface area contributed by atoms with Crippen molar-refractivity contribution >= 4 is 28.5 Å². The van der Waals surface area contributed by atoms with Crippen molar-refractivity contribution in [2.45, 2.75) is 13.0 Å². The quantitative estimate of drug-likeness (QED) is 0.797. The van der Waals surface area contributed by atoms with Gasteiger partial charge in [-0.2, -0.15) is 0 Å². The van der Waals surface area contributed by atoms with Crippen LogP contribution in [0.2, 0.25) is 0 Å². The molecule has 0 radical (unpaired) electrons. The number of hydrogen-bond donors (Lipinski definition) is 1. The Morgan fingerprint density at radius 3 is 2.65 bits per heavy atom. The maximum absolute atomic E-state index is 11.5. The van der Waals surface area contributed by atoms with E-state index in [-0.39, 0.29) is 18.6 Å².